The maximum Gasteiger partial charge on any atom is 0.494 e. The van der Waals surface area contributed by atoms with Gasteiger partial charge in [-0.2, -0.15) is 0 Å². The van der Waals surface area contributed by atoms with Gasteiger partial charge in [-0.25, -0.2) is 4.98 Å². The summed E-state index contributed by atoms with van der Waals surface area (Å²) in [7, 11) is -0.348. The Morgan fingerprint density at radius 3 is 2.09 bits per heavy atom. The lowest BCUT2D eigenvalue weighted by atomic mass is 9.70. The van der Waals surface area contributed by atoms with Gasteiger partial charge in [-0.1, -0.05) is 56.3 Å². The predicted octanol–water partition coefficient (Wildman–Crippen LogP) is 7.35. The van der Waals surface area contributed by atoms with E-state index < -0.39 is 0 Å². The van der Waals surface area contributed by atoms with E-state index in [-0.39, 0.29) is 23.7 Å². The monoisotopic (exact) mass is 481 g/mol. The number of nitrogens with zero attached hydrogens (tertiary/aromatic N) is 1. The Morgan fingerprint density at radius 2 is 1.43 bits per heavy atom. The molecule has 0 bridgehead atoms. The number of hydrogen-bond acceptors (Lipinski definition) is 4. The third-order valence-electron chi connectivity index (χ3n) is 8.66. The van der Waals surface area contributed by atoms with Gasteiger partial charge < -0.3 is 9.31 Å². The molecule has 0 spiro atoms. The summed E-state index contributed by atoms with van der Waals surface area (Å²) in [4.78, 5) is 4.94. The summed E-state index contributed by atoms with van der Waals surface area (Å²) in [5.41, 5.74) is 8.14. The van der Waals surface area contributed by atoms with Gasteiger partial charge in [0.05, 0.1) is 21.4 Å². The van der Waals surface area contributed by atoms with E-state index in [0.717, 1.165) is 28.8 Å². The number of aromatic nitrogens is 1. The van der Waals surface area contributed by atoms with E-state index in [2.05, 4.69) is 102 Å². The molecule has 0 radical (unpaired) electrons. The molecule has 35 heavy (non-hydrogen) atoms. The maximum atomic E-state index is 6.40. The summed E-state index contributed by atoms with van der Waals surface area (Å²) in [6, 6.07) is 22.1. The van der Waals surface area contributed by atoms with Crippen molar-refractivity contribution >= 4 is 34.1 Å². The fraction of sp³-hybridized carbons (Fsp3) is 0.367. The fourth-order valence-corrected chi connectivity index (χ4v) is 6.74. The minimum atomic E-state index is -0.349. The minimum absolute atomic E-state index is 0.0307. The quantitative estimate of drug-likeness (QED) is 0.286. The average molecular weight is 481 g/mol. The van der Waals surface area contributed by atoms with E-state index in [4.69, 9.17) is 14.3 Å². The smallest absolute Gasteiger partial charge is 0.399 e. The highest BCUT2D eigenvalue weighted by Gasteiger charge is 2.52. The van der Waals surface area contributed by atoms with Crippen LogP contribution in [-0.4, -0.2) is 23.3 Å². The van der Waals surface area contributed by atoms with Crippen LogP contribution in [0.4, 0.5) is 0 Å². The van der Waals surface area contributed by atoms with Crippen LogP contribution in [0.25, 0.3) is 31.9 Å². The van der Waals surface area contributed by atoms with Crippen molar-refractivity contribution in [2.75, 3.05) is 0 Å². The van der Waals surface area contributed by atoms with Crippen LogP contribution in [0.1, 0.15) is 65.5 Å². The summed E-state index contributed by atoms with van der Waals surface area (Å²) in [5, 5.41) is 1.09. The van der Waals surface area contributed by atoms with Gasteiger partial charge >= 0.3 is 7.12 Å². The van der Waals surface area contributed by atoms with Crippen LogP contribution >= 0.6 is 11.3 Å². The number of para-hydroxylation sites is 1. The normalized spacial score (nSPS) is 19.2. The van der Waals surface area contributed by atoms with Crippen LogP contribution in [0.3, 0.4) is 0 Å². The van der Waals surface area contributed by atoms with E-state index in [1.54, 1.807) is 11.3 Å². The van der Waals surface area contributed by atoms with Gasteiger partial charge in [0.25, 0.3) is 0 Å². The SMILES string of the molecule is CCC1(CC)c2cc(B3OC(C)(C)C(C)(C)O3)ccc2-c2ccc(-c3nc4ccccc4s3)cc21. The average Bonchev–Trinajstić information content (AvgIpc) is 3.46. The Bertz CT molecular complexity index is 1400. The van der Waals surface area contributed by atoms with Crippen LogP contribution in [0.15, 0.2) is 60.7 Å². The molecule has 1 fully saturated rings. The van der Waals surface area contributed by atoms with Crippen molar-refractivity contribution in [1.82, 2.24) is 4.98 Å². The summed E-state index contributed by atoms with van der Waals surface area (Å²) in [6.07, 6.45) is 2.08. The molecule has 0 amide bonds. The zero-order chi connectivity index (χ0) is 24.6. The molecule has 0 N–H and O–H groups in total. The number of fused-ring (bicyclic) bond motifs is 4. The molecule has 1 aliphatic heterocycles. The second kappa shape index (κ2) is 7.77. The Labute approximate surface area is 212 Å². The second-order valence-electron chi connectivity index (χ2n) is 10.9. The first kappa shape index (κ1) is 23.0. The molecule has 2 heterocycles. The molecule has 0 atom stereocenters. The zero-order valence-corrected chi connectivity index (χ0v) is 22.3. The maximum absolute atomic E-state index is 6.40. The van der Waals surface area contributed by atoms with Crippen LogP contribution < -0.4 is 5.46 Å². The first-order valence-corrected chi connectivity index (χ1v) is 13.5. The number of hydrogen-bond donors (Lipinski definition) is 0. The molecule has 5 heteroatoms. The summed E-state index contributed by atoms with van der Waals surface area (Å²) < 4.78 is 14.0. The highest BCUT2D eigenvalue weighted by Crippen LogP contribution is 2.53. The van der Waals surface area contributed by atoms with Gasteiger partial charge in [-0.05, 0) is 86.5 Å². The Hall–Kier alpha value is -2.47. The largest absolute Gasteiger partial charge is 0.494 e. The molecule has 178 valence electrons. The number of thiazole rings is 1. The van der Waals surface area contributed by atoms with Crippen molar-refractivity contribution in [1.29, 1.82) is 0 Å². The predicted molar refractivity (Wildman–Crippen MR) is 148 cm³/mol. The number of rotatable bonds is 4. The molecule has 4 aromatic rings. The molecule has 0 saturated carbocycles. The summed E-state index contributed by atoms with van der Waals surface area (Å²) in [6.45, 7) is 13.1. The van der Waals surface area contributed by atoms with E-state index in [1.165, 1.54) is 32.5 Å². The van der Waals surface area contributed by atoms with Crippen molar-refractivity contribution in [3.8, 4) is 21.7 Å². The molecular formula is C30H32BNO2S. The molecule has 6 rings (SSSR count). The Morgan fingerprint density at radius 1 is 0.800 bits per heavy atom. The van der Waals surface area contributed by atoms with Crippen molar-refractivity contribution in [3.05, 3.63) is 71.8 Å². The minimum Gasteiger partial charge on any atom is -0.399 e. The molecular weight excluding hydrogens is 449 g/mol. The highest BCUT2D eigenvalue weighted by molar-refractivity contribution is 7.21. The van der Waals surface area contributed by atoms with Crippen LogP contribution in [-0.2, 0) is 14.7 Å². The van der Waals surface area contributed by atoms with E-state index in [0.29, 0.717) is 0 Å². The molecule has 3 nitrogen and oxygen atoms in total. The van der Waals surface area contributed by atoms with E-state index >= 15 is 0 Å². The molecule has 1 saturated heterocycles. The first-order chi connectivity index (χ1) is 16.7. The molecule has 1 aliphatic carbocycles. The van der Waals surface area contributed by atoms with Gasteiger partial charge in [0, 0.05) is 11.0 Å². The topological polar surface area (TPSA) is 31.4 Å². The molecule has 2 aliphatic rings. The lowest BCUT2D eigenvalue weighted by molar-refractivity contribution is 0.00578. The Kier molecular flexibility index (Phi) is 5.09. The molecule has 0 unspecified atom stereocenters. The lowest BCUT2D eigenvalue weighted by Gasteiger charge is -2.32. The fourth-order valence-electron chi connectivity index (χ4n) is 5.78. The van der Waals surface area contributed by atoms with Crippen molar-refractivity contribution in [2.45, 2.75) is 71.0 Å². The van der Waals surface area contributed by atoms with Gasteiger partial charge in [0.1, 0.15) is 5.01 Å². The molecule has 1 aromatic heterocycles. The Balaban J connectivity index is 1.45. The van der Waals surface area contributed by atoms with Crippen LogP contribution in [0, 0.1) is 0 Å². The van der Waals surface area contributed by atoms with Crippen LogP contribution in [0.2, 0.25) is 0 Å². The summed E-state index contributed by atoms with van der Waals surface area (Å²) >= 11 is 1.77. The second-order valence-corrected chi connectivity index (χ2v) is 12.0. The van der Waals surface area contributed by atoms with Gasteiger partial charge in [-0.3, -0.25) is 0 Å². The van der Waals surface area contributed by atoms with Crippen molar-refractivity contribution in [2.24, 2.45) is 0 Å². The third-order valence-corrected chi connectivity index (χ3v) is 9.74. The highest BCUT2D eigenvalue weighted by atomic mass is 32.1. The first-order valence-electron chi connectivity index (χ1n) is 12.7. The van der Waals surface area contributed by atoms with Crippen molar-refractivity contribution < 1.29 is 9.31 Å². The number of benzene rings is 3. The van der Waals surface area contributed by atoms with Gasteiger partial charge in [-0.15, -0.1) is 11.3 Å². The van der Waals surface area contributed by atoms with Gasteiger partial charge in [0.15, 0.2) is 0 Å². The van der Waals surface area contributed by atoms with Gasteiger partial charge in [0.2, 0.25) is 0 Å². The third kappa shape index (κ3) is 3.28. The van der Waals surface area contributed by atoms with Crippen LogP contribution in [0.5, 0.6) is 0 Å². The van der Waals surface area contributed by atoms with Crippen molar-refractivity contribution in [3.63, 3.8) is 0 Å². The molecule has 3 aromatic carbocycles. The zero-order valence-electron chi connectivity index (χ0n) is 21.4. The lowest BCUT2D eigenvalue weighted by Crippen LogP contribution is -2.41. The standard InChI is InChI=1S/C30H32BNO2S/c1-7-30(8-2)23-17-19(27-32-25-11-9-10-12-26(25)35-27)13-15-21(23)22-16-14-20(18-24(22)30)31-33-28(3,4)29(5,6)34-31/h9-18H,7-8H2,1-6H3. The van der Waals surface area contributed by atoms with E-state index in [9.17, 15) is 0 Å². The summed E-state index contributed by atoms with van der Waals surface area (Å²) in [5.74, 6) is 0. The van der Waals surface area contributed by atoms with E-state index in [1.807, 2.05) is 0 Å².